The number of carbonyl (C=O) groups is 1. The van der Waals surface area contributed by atoms with Gasteiger partial charge in [-0.3, -0.25) is 4.79 Å². The highest BCUT2D eigenvalue weighted by Crippen LogP contribution is 2.47. The number of allylic oxidation sites excluding steroid dienone is 6. The second kappa shape index (κ2) is 12.8. The molecule has 5 heteroatoms. The molecular formula is C39H46N3O2+. The summed E-state index contributed by atoms with van der Waals surface area (Å²) in [6, 6.07) is 25.2. The van der Waals surface area contributed by atoms with Gasteiger partial charge in [-0.05, 0) is 81.2 Å². The number of fused-ring (bicyclic) bond motifs is 2. The zero-order valence-electron chi connectivity index (χ0n) is 27.0. The number of amides is 1. The molecule has 0 aromatic heterocycles. The Morgan fingerprint density at radius 2 is 1.55 bits per heavy atom. The fraction of sp³-hybridized carbons (Fsp3) is 0.333. The van der Waals surface area contributed by atoms with Crippen LogP contribution in [0.4, 0.5) is 11.4 Å². The second-order valence-corrected chi connectivity index (χ2v) is 12.6. The van der Waals surface area contributed by atoms with Crippen LogP contribution in [0.15, 0.2) is 103 Å². The van der Waals surface area contributed by atoms with Crippen LogP contribution in [-0.2, 0) is 10.8 Å². The van der Waals surface area contributed by atoms with E-state index in [0.717, 1.165) is 24.2 Å². The van der Waals surface area contributed by atoms with Gasteiger partial charge >= 0.3 is 0 Å². The van der Waals surface area contributed by atoms with Crippen LogP contribution in [0.3, 0.4) is 0 Å². The van der Waals surface area contributed by atoms with Crippen molar-refractivity contribution in [2.24, 2.45) is 0 Å². The first-order chi connectivity index (χ1) is 21.1. The lowest BCUT2D eigenvalue weighted by molar-refractivity contribution is -0.433. The maximum atomic E-state index is 12.7. The number of rotatable bonds is 10. The summed E-state index contributed by atoms with van der Waals surface area (Å²) in [6.45, 7) is 15.9. The molecule has 228 valence electrons. The van der Waals surface area contributed by atoms with Gasteiger partial charge in [0, 0.05) is 59.8 Å². The van der Waals surface area contributed by atoms with Crippen molar-refractivity contribution in [2.75, 3.05) is 31.1 Å². The predicted molar refractivity (Wildman–Crippen MR) is 183 cm³/mol. The van der Waals surface area contributed by atoms with Crippen molar-refractivity contribution in [1.29, 1.82) is 0 Å². The Morgan fingerprint density at radius 3 is 2.23 bits per heavy atom. The number of nitrogens with zero attached hydrogens (tertiary/aromatic N) is 2. The molecule has 0 saturated carbocycles. The molecule has 2 heterocycles. The normalized spacial score (nSPS) is 17.8. The summed E-state index contributed by atoms with van der Waals surface area (Å²) in [5.41, 5.74) is 10.2. The lowest BCUT2D eigenvalue weighted by atomic mass is 9.81. The van der Waals surface area contributed by atoms with Crippen LogP contribution in [0, 0.1) is 0 Å². The third-order valence-electron chi connectivity index (χ3n) is 9.17. The van der Waals surface area contributed by atoms with Crippen molar-refractivity contribution in [3.63, 3.8) is 0 Å². The predicted octanol–water partition coefficient (Wildman–Crippen LogP) is 7.54. The number of anilines is 1. The van der Waals surface area contributed by atoms with E-state index in [0.29, 0.717) is 18.5 Å². The number of nitrogens with one attached hydrogen (secondary N) is 1. The molecule has 5 nitrogen and oxygen atoms in total. The molecule has 2 aliphatic heterocycles. The average Bonchev–Trinajstić information content (AvgIpc) is 3.39. The number of carbonyl (C=O) groups excluding carboxylic acids is 1. The Bertz CT molecular complexity index is 1650. The Hall–Kier alpha value is -4.22. The van der Waals surface area contributed by atoms with Gasteiger partial charge in [-0.15, -0.1) is 0 Å². The van der Waals surface area contributed by atoms with Crippen LogP contribution in [0.25, 0.3) is 5.57 Å². The van der Waals surface area contributed by atoms with E-state index < -0.39 is 0 Å². The van der Waals surface area contributed by atoms with Gasteiger partial charge in [0.15, 0.2) is 5.71 Å². The minimum Gasteiger partial charge on any atom is -0.396 e. The van der Waals surface area contributed by atoms with Crippen LogP contribution < -0.4 is 10.2 Å². The minimum atomic E-state index is -0.128. The van der Waals surface area contributed by atoms with Crippen LogP contribution >= 0.6 is 0 Å². The Kier molecular flexibility index (Phi) is 9.07. The van der Waals surface area contributed by atoms with E-state index in [2.05, 4.69) is 129 Å². The van der Waals surface area contributed by atoms with E-state index >= 15 is 0 Å². The zero-order chi connectivity index (χ0) is 31.5. The first kappa shape index (κ1) is 31.2. The molecule has 0 spiro atoms. The molecule has 2 aliphatic rings. The standard InChI is InChI=1S/C39H45N3O2/c1-7-41-33-16-11-9-14-31(33)38(3,4)35(41)24-22-29(28-18-20-30(21-19-28)37(44)40-26-13-27-43)23-25-36-39(5,6)32-15-10-12-17-34(32)42(36)8-2/h9-12,14-25,43H,7-8,13,26-27H2,1-6H3/p+1. The van der Waals surface area contributed by atoms with Crippen molar-refractivity contribution in [3.8, 4) is 0 Å². The van der Waals surface area contributed by atoms with Crippen LogP contribution in [-0.4, -0.2) is 47.5 Å². The number of hydrogen-bond acceptors (Lipinski definition) is 3. The molecule has 0 atom stereocenters. The summed E-state index contributed by atoms with van der Waals surface area (Å²) >= 11 is 0. The molecule has 0 fully saturated rings. The molecule has 44 heavy (non-hydrogen) atoms. The summed E-state index contributed by atoms with van der Waals surface area (Å²) in [5, 5.41) is 11.9. The number of para-hydroxylation sites is 2. The summed E-state index contributed by atoms with van der Waals surface area (Å²) in [7, 11) is 0. The van der Waals surface area contributed by atoms with E-state index in [1.54, 1.807) is 0 Å². The number of aliphatic hydroxyl groups excluding tert-OH is 1. The van der Waals surface area contributed by atoms with E-state index in [-0.39, 0.29) is 23.3 Å². The fourth-order valence-electron chi connectivity index (χ4n) is 6.75. The van der Waals surface area contributed by atoms with E-state index in [4.69, 9.17) is 5.11 Å². The molecule has 0 aliphatic carbocycles. The Labute approximate surface area is 262 Å². The number of likely N-dealkylation sites (N-methyl/N-ethyl adjacent to an activating group) is 1. The second-order valence-electron chi connectivity index (χ2n) is 12.6. The monoisotopic (exact) mass is 588 g/mol. The van der Waals surface area contributed by atoms with E-state index in [1.807, 2.05) is 24.3 Å². The van der Waals surface area contributed by atoms with Crippen molar-refractivity contribution in [2.45, 2.75) is 58.8 Å². The Balaban J connectivity index is 1.57. The average molecular weight is 589 g/mol. The third kappa shape index (κ3) is 5.69. The van der Waals surface area contributed by atoms with E-state index in [1.165, 1.54) is 33.9 Å². The molecule has 0 radical (unpaired) electrons. The Morgan fingerprint density at radius 1 is 0.886 bits per heavy atom. The first-order valence-corrected chi connectivity index (χ1v) is 15.9. The maximum absolute atomic E-state index is 12.7. The van der Waals surface area contributed by atoms with Gasteiger partial charge in [-0.25, -0.2) is 0 Å². The largest absolute Gasteiger partial charge is 0.396 e. The minimum absolute atomic E-state index is 0.0584. The summed E-state index contributed by atoms with van der Waals surface area (Å²) in [4.78, 5) is 15.1. The van der Waals surface area contributed by atoms with Gasteiger partial charge < -0.3 is 15.3 Å². The lowest BCUT2D eigenvalue weighted by Gasteiger charge is -2.26. The highest BCUT2D eigenvalue weighted by atomic mass is 16.3. The van der Waals surface area contributed by atoms with Gasteiger partial charge in [0.25, 0.3) is 5.91 Å². The van der Waals surface area contributed by atoms with Crippen LogP contribution in [0.5, 0.6) is 0 Å². The molecule has 1 amide bonds. The van der Waals surface area contributed by atoms with Crippen molar-refractivity contribution in [3.05, 3.63) is 125 Å². The summed E-state index contributed by atoms with van der Waals surface area (Å²) in [6.07, 6.45) is 9.54. The van der Waals surface area contributed by atoms with Crippen LogP contribution in [0.1, 0.15) is 75.0 Å². The van der Waals surface area contributed by atoms with E-state index in [9.17, 15) is 4.79 Å². The lowest BCUT2D eigenvalue weighted by Crippen LogP contribution is -2.27. The smallest absolute Gasteiger partial charge is 0.251 e. The summed E-state index contributed by atoms with van der Waals surface area (Å²) < 4.78 is 2.41. The highest BCUT2D eigenvalue weighted by Gasteiger charge is 2.43. The van der Waals surface area contributed by atoms with Crippen LogP contribution in [0.2, 0.25) is 0 Å². The number of aliphatic hydroxyl groups is 1. The van der Waals surface area contributed by atoms with Gasteiger partial charge in [0.1, 0.15) is 6.54 Å². The molecule has 3 aromatic rings. The van der Waals surface area contributed by atoms with Crippen molar-refractivity contribution >= 4 is 28.6 Å². The zero-order valence-corrected chi connectivity index (χ0v) is 27.0. The quantitative estimate of drug-likeness (QED) is 0.146. The third-order valence-corrected chi connectivity index (χ3v) is 9.17. The molecule has 5 rings (SSSR count). The molecule has 0 unspecified atom stereocenters. The first-order valence-electron chi connectivity index (χ1n) is 15.9. The van der Waals surface area contributed by atoms with Crippen molar-refractivity contribution in [1.82, 2.24) is 5.32 Å². The fourth-order valence-corrected chi connectivity index (χ4v) is 6.75. The molecule has 0 bridgehead atoms. The molecule has 2 N–H and O–H groups in total. The van der Waals surface area contributed by atoms with Gasteiger partial charge in [0.05, 0.1) is 5.41 Å². The number of hydrogen-bond donors (Lipinski definition) is 2. The van der Waals surface area contributed by atoms with Crippen molar-refractivity contribution < 1.29 is 14.5 Å². The summed E-state index contributed by atoms with van der Waals surface area (Å²) in [5.74, 6) is -0.128. The molecule has 3 aromatic carbocycles. The maximum Gasteiger partial charge on any atom is 0.251 e. The van der Waals surface area contributed by atoms with Gasteiger partial charge in [-0.1, -0.05) is 68.5 Å². The molecule has 0 saturated heterocycles. The SMILES string of the molecule is CCN1/C(=C/C=C(/C=C/C2=[N+](CC)c3ccccc3C2(C)C)c2ccc(C(=O)NCCCO)cc2)C(C)(C)c2ccccc21. The molecular weight excluding hydrogens is 542 g/mol. The van der Waals surface area contributed by atoms with Gasteiger partial charge in [-0.2, -0.15) is 4.58 Å². The number of benzene rings is 3. The topological polar surface area (TPSA) is 55.6 Å². The van der Waals surface area contributed by atoms with Gasteiger partial charge in [0.2, 0.25) is 5.69 Å². The highest BCUT2D eigenvalue weighted by molar-refractivity contribution is 6.04.